The molecular weight excluding hydrogens is 260 g/mol. The Bertz CT molecular complexity index is 654. The molecule has 2 nitrogen and oxygen atoms in total. The van der Waals surface area contributed by atoms with Crippen LogP contribution in [0.3, 0.4) is 0 Å². The van der Waals surface area contributed by atoms with Gasteiger partial charge in [0, 0.05) is 10.3 Å². The SMILES string of the molecule is CCc1ccsc1CNc1snc2ccccc12. The summed E-state index contributed by atoms with van der Waals surface area (Å²) in [4.78, 5) is 1.43. The maximum Gasteiger partial charge on any atom is 0.117 e. The van der Waals surface area contributed by atoms with Crippen molar-refractivity contribution >= 4 is 38.8 Å². The van der Waals surface area contributed by atoms with Crippen LogP contribution in [0, 0.1) is 0 Å². The summed E-state index contributed by atoms with van der Waals surface area (Å²) in [6.45, 7) is 3.10. The highest BCUT2D eigenvalue weighted by atomic mass is 32.1. The Hall–Kier alpha value is -1.39. The molecular formula is C14H14N2S2. The van der Waals surface area contributed by atoms with Crippen LogP contribution >= 0.6 is 22.9 Å². The van der Waals surface area contributed by atoms with Gasteiger partial charge in [0.25, 0.3) is 0 Å². The van der Waals surface area contributed by atoms with Crippen LogP contribution in [0.4, 0.5) is 5.00 Å². The van der Waals surface area contributed by atoms with Crippen LogP contribution in [-0.2, 0) is 13.0 Å². The first-order valence-corrected chi connectivity index (χ1v) is 7.67. The van der Waals surface area contributed by atoms with Crippen molar-refractivity contribution in [3.05, 3.63) is 46.2 Å². The highest BCUT2D eigenvalue weighted by Crippen LogP contribution is 2.28. The Balaban J connectivity index is 1.81. The average Bonchev–Trinajstić information content (AvgIpc) is 3.02. The van der Waals surface area contributed by atoms with Crippen molar-refractivity contribution in [2.75, 3.05) is 5.32 Å². The smallest absolute Gasteiger partial charge is 0.117 e. The van der Waals surface area contributed by atoms with Gasteiger partial charge in [-0.25, -0.2) is 0 Å². The first-order chi connectivity index (χ1) is 8.88. The zero-order valence-electron chi connectivity index (χ0n) is 10.1. The normalized spacial score (nSPS) is 10.9. The van der Waals surface area contributed by atoms with Gasteiger partial charge >= 0.3 is 0 Å². The van der Waals surface area contributed by atoms with Gasteiger partial charge in [-0.3, -0.25) is 0 Å². The Labute approximate surface area is 114 Å². The molecule has 4 heteroatoms. The van der Waals surface area contributed by atoms with E-state index in [-0.39, 0.29) is 0 Å². The topological polar surface area (TPSA) is 24.9 Å². The lowest BCUT2D eigenvalue weighted by atomic mass is 10.2. The molecule has 0 aliphatic heterocycles. The zero-order chi connectivity index (χ0) is 12.4. The van der Waals surface area contributed by atoms with E-state index in [4.69, 9.17) is 0 Å². The summed E-state index contributed by atoms with van der Waals surface area (Å²) < 4.78 is 4.44. The molecule has 0 fully saturated rings. The molecule has 3 aromatic rings. The van der Waals surface area contributed by atoms with E-state index in [0.29, 0.717) is 0 Å². The van der Waals surface area contributed by atoms with Crippen molar-refractivity contribution in [1.29, 1.82) is 0 Å². The van der Waals surface area contributed by atoms with Crippen LogP contribution in [-0.4, -0.2) is 4.37 Å². The van der Waals surface area contributed by atoms with Crippen molar-refractivity contribution < 1.29 is 0 Å². The molecule has 92 valence electrons. The molecule has 0 radical (unpaired) electrons. The van der Waals surface area contributed by atoms with Crippen molar-refractivity contribution in [2.24, 2.45) is 0 Å². The molecule has 2 aromatic heterocycles. The highest BCUT2D eigenvalue weighted by Gasteiger charge is 2.06. The third-order valence-corrected chi connectivity index (χ3v) is 4.81. The molecule has 0 saturated carbocycles. The number of aromatic nitrogens is 1. The molecule has 1 aromatic carbocycles. The standard InChI is InChI=1S/C14H14N2S2/c1-2-10-7-8-17-13(10)9-15-14-11-5-3-4-6-12(11)16-18-14/h3-8,15H,2,9H2,1H3. The van der Waals surface area contributed by atoms with Crippen molar-refractivity contribution in [2.45, 2.75) is 19.9 Å². The Kier molecular flexibility index (Phi) is 3.30. The van der Waals surface area contributed by atoms with Gasteiger partial charge in [-0.15, -0.1) is 11.3 Å². The number of hydrogen-bond acceptors (Lipinski definition) is 4. The summed E-state index contributed by atoms with van der Waals surface area (Å²) in [6, 6.07) is 10.5. The number of thiophene rings is 1. The van der Waals surface area contributed by atoms with Crippen LogP contribution in [0.5, 0.6) is 0 Å². The number of aryl methyl sites for hydroxylation is 1. The molecule has 0 unspecified atom stereocenters. The van der Waals surface area contributed by atoms with Gasteiger partial charge in [-0.2, -0.15) is 4.37 Å². The van der Waals surface area contributed by atoms with Gasteiger partial charge in [0.1, 0.15) is 5.00 Å². The maximum atomic E-state index is 4.44. The minimum absolute atomic E-state index is 0.896. The van der Waals surface area contributed by atoms with E-state index in [9.17, 15) is 0 Å². The second kappa shape index (κ2) is 5.08. The fraction of sp³-hybridized carbons (Fsp3) is 0.214. The van der Waals surface area contributed by atoms with Crippen LogP contribution in [0.25, 0.3) is 10.9 Å². The van der Waals surface area contributed by atoms with E-state index >= 15 is 0 Å². The largest absolute Gasteiger partial charge is 0.370 e. The average molecular weight is 274 g/mol. The molecule has 0 amide bonds. The van der Waals surface area contributed by atoms with Gasteiger partial charge in [-0.1, -0.05) is 19.1 Å². The Morgan fingerprint density at radius 2 is 2.11 bits per heavy atom. The Morgan fingerprint density at radius 3 is 3.00 bits per heavy atom. The minimum atomic E-state index is 0.896. The van der Waals surface area contributed by atoms with Crippen LogP contribution < -0.4 is 5.32 Å². The van der Waals surface area contributed by atoms with E-state index in [2.05, 4.69) is 46.3 Å². The first kappa shape index (κ1) is 11.7. The summed E-state index contributed by atoms with van der Waals surface area (Å²) in [6.07, 6.45) is 1.10. The zero-order valence-corrected chi connectivity index (χ0v) is 11.8. The molecule has 0 aliphatic rings. The number of fused-ring (bicyclic) bond motifs is 1. The lowest BCUT2D eigenvalue weighted by Crippen LogP contribution is -1.98. The number of nitrogens with zero attached hydrogens (tertiary/aromatic N) is 1. The first-order valence-electron chi connectivity index (χ1n) is 6.02. The van der Waals surface area contributed by atoms with Crippen molar-refractivity contribution in [1.82, 2.24) is 4.37 Å². The molecule has 0 aliphatic carbocycles. The molecule has 0 saturated heterocycles. The minimum Gasteiger partial charge on any atom is -0.370 e. The molecule has 0 bridgehead atoms. The highest BCUT2D eigenvalue weighted by molar-refractivity contribution is 7.12. The molecule has 3 rings (SSSR count). The monoisotopic (exact) mass is 274 g/mol. The maximum absolute atomic E-state index is 4.44. The molecule has 1 N–H and O–H groups in total. The van der Waals surface area contributed by atoms with Crippen molar-refractivity contribution in [3.63, 3.8) is 0 Å². The summed E-state index contributed by atoms with van der Waals surface area (Å²) >= 11 is 3.36. The van der Waals surface area contributed by atoms with E-state index in [0.717, 1.165) is 18.5 Å². The number of benzene rings is 1. The summed E-state index contributed by atoms with van der Waals surface area (Å²) in [5, 5.41) is 8.07. The van der Waals surface area contributed by atoms with Gasteiger partial charge < -0.3 is 5.32 Å². The number of rotatable bonds is 4. The number of nitrogens with one attached hydrogen (secondary N) is 1. The summed E-state index contributed by atoms with van der Waals surface area (Å²) in [5.41, 5.74) is 2.52. The summed E-state index contributed by atoms with van der Waals surface area (Å²) in [5.74, 6) is 0. The quantitative estimate of drug-likeness (QED) is 0.756. The lowest BCUT2D eigenvalue weighted by Gasteiger charge is -2.04. The van der Waals surface area contributed by atoms with Gasteiger partial charge in [0.05, 0.1) is 12.1 Å². The van der Waals surface area contributed by atoms with Crippen molar-refractivity contribution in [3.8, 4) is 0 Å². The summed E-state index contributed by atoms with van der Waals surface area (Å²) in [7, 11) is 0. The lowest BCUT2D eigenvalue weighted by molar-refractivity contribution is 1.08. The second-order valence-corrected chi connectivity index (χ2v) is 5.88. The number of anilines is 1. The van der Waals surface area contributed by atoms with Crippen LogP contribution in [0.1, 0.15) is 17.4 Å². The number of hydrogen-bond donors (Lipinski definition) is 1. The fourth-order valence-electron chi connectivity index (χ4n) is 2.01. The van der Waals surface area contributed by atoms with E-state index < -0.39 is 0 Å². The molecule has 2 heterocycles. The third kappa shape index (κ3) is 2.13. The predicted octanol–water partition coefficient (Wildman–Crippen LogP) is 4.53. The Morgan fingerprint density at radius 1 is 1.22 bits per heavy atom. The van der Waals surface area contributed by atoms with Gasteiger partial charge in [-0.05, 0) is 47.1 Å². The van der Waals surface area contributed by atoms with Crippen LogP contribution in [0.2, 0.25) is 0 Å². The molecule has 18 heavy (non-hydrogen) atoms. The molecule has 0 spiro atoms. The van der Waals surface area contributed by atoms with E-state index in [1.807, 2.05) is 17.4 Å². The van der Waals surface area contributed by atoms with Gasteiger partial charge in [0.2, 0.25) is 0 Å². The van der Waals surface area contributed by atoms with Gasteiger partial charge in [0.15, 0.2) is 0 Å². The van der Waals surface area contributed by atoms with Crippen LogP contribution in [0.15, 0.2) is 35.7 Å². The third-order valence-electron chi connectivity index (χ3n) is 3.01. The van der Waals surface area contributed by atoms with E-state index in [1.54, 1.807) is 11.5 Å². The predicted molar refractivity (Wildman–Crippen MR) is 80.6 cm³/mol. The molecule has 0 atom stereocenters. The fourth-order valence-corrected chi connectivity index (χ4v) is 3.69. The van der Waals surface area contributed by atoms with E-state index in [1.165, 1.54) is 20.8 Å². The second-order valence-electron chi connectivity index (χ2n) is 4.10.